The molecular weight excluding hydrogens is 324 g/mol. The molecule has 0 radical (unpaired) electrons. The van der Waals surface area contributed by atoms with E-state index in [9.17, 15) is 0 Å². The van der Waals surface area contributed by atoms with Gasteiger partial charge in [-0.05, 0) is 49.3 Å². The molecule has 5 heteroatoms. The first-order chi connectivity index (χ1) is 12.7. The van der Waals surface area contributed by atoms with Gasteiger partial charge in [-0.15, -0.1) is 0 Å². The number of pyridine rings is 2. The fourth-order valence-corrected chi connectivity index (χ4v) is 4.66. The first-order valence-corrected chi connectivity index (χ1v) is 9.50. The summed E-state index contributed by atoms with van der Waals surface area (Å²) in [6, 6.07) is 8.30. The first kappa shape index (κ1) is 17.6. The average molecular weight is 352 g/mol. The zero-order chi connectivity index (χ0) is 17.8. The van der Waals surface area contributed by atoms with E-state index in [0.717, 1.165) is 25.3 Å². The molecule has 0 aliphatic carbocycles. The lowest BCUT2D eigenvalue weighted by Gasteiger charge is -2.30. The maximum atomic E-state index is 6.10. The number of hydrogen-bond acceptors (Lipinski definition) is 5. The second-order valence-corrected chi connectivity index (χ2v) is 7.95. The van der Waals surface area contributed by atoms with Gasteiger partial charge in [0, 0.05) is 62.3 Å². The molecule has 2 saturated heterocycles. The van der Waals surface area contributed by atoms with Crippen LogP contribution in [0.2, 0.25) is 0 Å². The van der Waals surface area contributed by atoms with E-state index < -0.39 is 0 Å². The second-order valence-electron chi connectivity index (χ2n) is 7.95. The Morgan fingerprint density at radius 2 is 2.00 bits per heavy atom. The van der Waals surface area contributed by atoms with Crippen LogP contribution in [0.1, 0.15) is 17.5 Å². The van der Waals surface area contributed by atoms with Gasteiger partial charge in [-0.25, -0.2) is 0 Å². The summed E-state index contributed by atoms with van der Waals surface area (Å²) >= 11 is 0. The van der Waals surface area contributed by atoms with Crippen LogP contribution < -0.4 is 0 Å². The van der Waals surface area contributed by atoms with Gasteiger partial charge < -0.3 is 9.64 Å². The number of rotatable bonds is 6. The van der Waals surface area contributed by atoms with Crippen molar-refractivity contribution in [3.8, 4) is 0 Å². The van der Waals surface area contributed by atoms with E-state index in [1.54, 1.807) is 6.20 Å². The standard InChI is InChI=1S/C21H28N4O/c1-24-13-20(15-26-14-19-3-2-7-23-11-19)21(16-24)6-10-25(17-21)12-18-4-8-22-9-5-18/h2-5,7-9,11,20H,6,10,12-17H2,1H3/t20-,21+/m1/s1. The largest absolute Gasteiger partial charge is 0.376 e. The van der Waals surface area contributed by atoms with Crippen LogP contribution in [0.15, 0.2) is 49.1 Å². The predicted octanol–water partition coefficient (Wildman–Crippen LogP) is 2.45. The van der Waals surface area contributed by atoms with Gasteiger partial charge in [0.25, 0.3) is 0 Å². The van der Waals surface area contributed by atoms with Crippen molar-refractivity contribution in [2.75, 3.05) is 39.8 Å². The lowest BCUT2D eigenvalue weighted by molar-refractivity contribution is 0.0515. The molecule has 0 aromatic carbocycles. The van der Waals surface area contributed by atoms with Crippen molar-refractivity contribution in [3.05, 3.63) is 60.2 Å². The summed E-state index contributed by atoms with van der Waals surface area (Å²) < 4.78 is 6.10. The quantitative estimate of drug-likeness (QED) is 0.799. The zero-order valence-corrected chi connectivity index (χ0v) is 15.6. The van der Waals surface area contributed by atoms with Crippen LogP contribution in [0, 0.1) is 11.3 Å². The monoisotopic (exact) mass is 352 g/mol. The van der Waals surface area contributed by atoms with Crippen LogP contribution in [-0.4, -0.2) is 59.6 Å². The van der Waals surface area contributed by atoms with Gasteiger partial charge >= 0.3 is 0 Å². The Labute approximate surface area is 156 Å². The molecule has 2 atom stereocenters. The number of likely N-dealkylation sites (tertiary alicyclic amines) is 2. The Kier molecular flexibility index (Phi) is 5.29. The van der Waals surface area contributed by atoms with E-state index in [1.165, 1.54) is 31.6 Å². The van der Waals surface area contributed by atoms with E-state index in [4.69, 9.17) is 4.74 Å². The van der Waals surface area contributed by atoms with Crippen molar-refractivity contribution < 1.29 is 4.74 Å². The second kappa shape index (κ2) is 7.82. The Balaban J connectivity index is 1.35. The van der Waals surface area contributed by atoms with E-state index in [2.05, 4.69) is 45.0 Å². The van der Waals surface area contributed by atoms with Gasteiger partial charge in [0.15, 0.2) is 0 Å². The third-order valence-corrected chi connectivity index (χ3v) is 5.91. The van der Waals surface area contributed by atoms with E-state index >= 15 is 0 Å². The third-order valence-electron chi connectivity index (χ3n) is 5.91. The molecule has 1 spiro atoms. The number of hydrogen-bond donors (Lipinski definition) is 0. The summed E-state index contributed by atoms with van der Waals surface area (Å²) in [5, 5.41) is 0. The summed E-state index contributed by atoms with van der Waals surface area (Å²) in [4.78, 5) is 13.4. The molecule has 4 heterocycles. The normalized spacial score (nSPS) is 26.7. The summed E-state index contributed by atoms with van der Waals surface area (Å²) in [6.45, 7) is 7.18. The van der Waals surface area contributed by atoms with Gasteiger partial charge in [0.2, 0.25) is 0 Å². The maximum absolute atomic E-state index is 6.10. The SMILES string of the molecule is CN1C[C@H](COCc2cccnc2)[C@@]2(CCN(Cc3ccncc3)C2)C1. The lowest BCUT2D eigenvalue weighted by Crippen LogP contribution is -2.36. The van der Waals surface area contributed by atoms with Gasteiger partial charge in [0.1, 0.15) is 0 Å². The van der Waals surface area contributed by atoms with Crippen molar-refractivity contribution in [1.29, 1.82) is 0 Å². The van der Waals surface area contributed by atoms with Crippen LogP contribution in [0.3, 0.4) is 0 Å². The summed E-state index contributed by atoms with van der Waals surface area (Å²) in [5.41, 5.74) is 2.88. The Hall–Kier alpha value is -1.82. The Morgan fingerprint density at radius 3 is 2.81 bits per heavy atom. The first-order valence-electron chi connectivity index (χ1n) is 9.50. The van der Waals surface area contributed by atoms with Crippen molar-refractivity contribution in [2.24, 2.45) is 11.3 Å². The molecule has 0 amide bonds. The Morgan fingerprint density at radius 1 is 1.12 bits per heavy atom. The minimum absolute atomic E-state index is 0.372. The van der Waals surface area contributed by atoms with Gasteiger partial charge in [-0.1, -0.05) is 6.07 Å². The topological polar surface area (TPSA) is 41.5 Å². The van der Waals surface area contributed by atoms with Crippen molar-refractivity contribution in [1.82, 2.24) is 19.8 Å². The molecule has 2 aromatic heterocycles. The van der Waals surface area contributed by atoms with Crippen LogP contribution in [0.4, 0.5) is 0 Å². The van der Waals surface area contributed by atoms with Crippen LogP contribution in [0.5, 0.6) is 0 Å². The molecule has 2 aliphatic rings. The van der Waals surface area contributed by atoms with E-state index in [0.29, 0.717) is 17.9 Å². The number of nitrogens with zero attached hydrogens (tertiary/aromatic N) is 4. The summed E-state index contributed by atoms with van der Waals surface area (Å²) in [5.74, 6) is 0.603. The molecule has 2 aromatic rings. The molecule has 4 rings (SSSR count). The van der Waals surface area contributed by atoms with E-state index in [-0.39, 0.29) is 0 Å². The van der Waals surface area contributed by atoms with E-state index in [1.807, 2.05) is 24.7 Å². The highest BCUT2D eigenvalue weighted by Crippen LogP contribution is 2.43. The number of aromatic nitrogens is 2. The molecule has 0 bridgehead atoms. The molecule has 2 fully saturated rings. The molecule has 0 unspecified atom stereocenters. The molecular formula is C21H28N4O. The van der Waals surface area contributed by atoms with Crippen molar-refractivity contribution in [3.63, 3.8) is 0 Å². The van der Waals surface area contributed by atoms with Gasteiger partial charge in [-0.3, -0.25) is 14.9 Å². The minimum atomic E-state index is 0.372. The predicted molar refractivity (Wildman–Crippen MR) is 101 cm³/mol. The molecule has 0 saturated carbocycles. The van der Waals surface area contributed by atoms with Crippen LogP contribution in [0.25, 0.3) is 0 Å². The van der Waals surface area contributed by atoms with Crippen LogP contribution in [-0.2, 0) is 17.9 Å². The molecule has 26 heavy (non-hydrogen) atoms. The smallest absolute Gasteiger partial charge is 0.0731 e. The lowest BCUT2D eigenvalue weighted by atomic mass is 9.77. The molecule has 0 N–H and O–H groups in total. The van der Waals surface area contributed by atoms with Gasteiger partial charge in [0.05, 0.1) is 13.2 Å². The fraction of sp³-hybridized carbons (Fsp3) is 0.524. The van der Waals surface area contributed by atoms with Crippen molar-refractivity contribution >= 4 is 0 Å². The average Bonchev–Trinajstić information content (AvgIpc) is 3.20. The van der Waals surface area contributed by atoms with Crippen LogP contribution >= 0.6 is 0 Å². The highest BCUT2D eigenvalue weighted by Gasteiger charge is 2.49. The highest BCUT2D eigenvalue weighted by molar-refractivity contribution is 5.11. The minimum Gasteiger partial charge on any atom is -0.376 e. The maximum Gasteiger partial charge on any atom is 0.0731 e. The molecule has 5 nitrogen and oxygen atoms in total. The van der Waals surface area contributed by atoms with Crippen molar-refractivity contribution in [2.45, 2.75) is 19.6 Å². The third kappa shape index (κ3) is 3.95. The number of ether oxygens (including phenoxy) is 1. The highest BCUT2D eigenvalue weighted by atomic mass is 16.5. The summed E-state index contributed by atoms with van der Waals surface area (Å²) in [6.07, 6.45) is 8.74. The fourth-order valence-electron chi connectivity index (χ4n) is 4.66. The molecule has 2 aliphatic heterocycles. The summed E-state index contributed by atoms with van der Waals surface area (Å²) in [7, 11) is 2.24. The zero-order valence-electron chi connectivity index (χ0n) is 15.6. The molecule has 138 valence electrons. The van der Waals surface area contributed by atoms with Gasteiger partial charge in [-0.2, -0.15) is 0 Å². The Bertz CT molecular complexity index is 696.